The maximum Gasteiger partial charge on any atom is 0.136 e. The first kappa shape index (κ1) is 14.2. The summed E-state index contributed by atoms with van der Waals surface area (Å²) in [7, 11) is 1.56. The summed E-state index contributed by atoms with van der Waals surface area (Å²) in [5.41, 5.74) is 3.53. The summed E-state index contributed by atoms with van der Waals surface area (Å²) in [4.78, 5) is 0. The second-order valence-corrected chi connectivity index (χ2v) is 4.89. The number of nitriles is 1. The average Bonchev–Trinajstić information content (AvgIpc) is 2.46. The van der Waals surface area contributed by atoms with Crippen LogP contribution in [-0.2, 0) is 6.54 Å². The molecular weight excluding hydrogens is 272 g/mol. The molecule has 2 rings (SSSR count). The van der Waals surface area contributed by atoms with E-state index >= 15 is 0 Å². The summed E-state index contributed by atoms with van der Waals surface area (Å²) < 4.78 is 5.12. The highest BCUT2D eigenvalue weighted by Crippen LogP contribution is 2.24. The minimum absolute atomic E-state index is 0.529. The first-order chi connectivity index (χ1) is 9.63. The first-order valence-corrected chi connectivity index (χ1v) is 6.59. The molecular formula is C16H15ClN2O. The van der Waals surface area contributed by atoms with E-state index in [0.29, 0.717) is 22.9 Å². The van der Waals surface area contributed by atoms with Crippen molar-refractivity contribution in [2.75, 3.05) is 12.4 Å². The highest BCUT2D eigenvalue weighted by atomic mass is 35.5. The monoisotopic (exact) mass is 286 g/mol. The van der Waals surface area contributed by atoms with Crippen molar-refractivity contribution in [2.24, 2.45) is 0 Å². The molecule has 3 nitrogen and oxygen atoms in total. The van der Waals surface area contributed by atoms with Crippen LogP contribution in [0.2, 0.25) is 5.02 Å². The minimum Gasteiger partial charge on any atom is -0.495 e. The SMILES string of the molecule is COc1ccc(CNc2ccc(C)cc2Cl)cc1C#N. The zero-order valence-electron chi connectivity index (χ0n) is 11.4. The fourth-order valence-corrected chi connectivity index (χ4v) is 2.22. The molecule has 0 heterocycles. The molecule has 2 aromatic rings. The number of hydrogen-bond donors (Lipinski definition) is 1. The Morgan fingerprint density at radius 1 is 1.25 bits per heavy atom. The fourth-order valence-electron chi connectivity index (χ4n) is 1.91. The van der Waals surface area contributed by atoms with Crippen LogP contribution in [-0.4, -0.2) is 7.11 Å². The van der Waals surface area contributed by atoms with Crippen LogP contribution in [0.15, 0.2) is 36.4 Å². The number of halogens is 1. The Morgan fingerprint density at radius 3 is 2.70 bits per heavy atom. The summed E-state index contributed by atoms with van der Waals surface area (Å²) in [5, 5.41) is 13.0. The van der Waals surface area contributed by atoms with Gasteiger partial charge in [-0.2, -0.15) is 5.26 Å². The van der Waals surface area contributed by atoms with Crippen LogP contribution in [0.25, 0.3) is 0 Å². The molecule has 0 bridgehead atoms. The van der Waals surface area contributed by atoms with Crippen molar-refractivity contribution >= 4 is 17.3 Å². The number of rotatable bonds is 4. The summed E-state index contributed by atoms with van der Waals surface area (Å²) in [6.07, 6.45) is 0. The quantitative estimate of drug-likeness (QED) is 0.919. The molecule has 0 amide bonds. The highest BCUT2D eigenvalue weighted by molar-refractivity contribution is 6.33. The molecule has 0 spiro atoms. The van der Waals surface area contributed by atoms with Gasteiger partial charge in [-0.15, -0.1) is 0 Å². The topological polar surface area (TPSA) is 45.0 Å². The van der Waals surface area contributed by atoms with Crippen molar-refractivity contribution in [3.05, 3.63) is 58.1 Å². The fraction of sp³-hybridized carbons (Fsp3) is 0.188. The number of aryl methyl sites for hydroxylation is 1. The molecule has 1 N–H and O–H groups in total. The van der Waals surface area contributed by atoms with E-state index in [1.165, 1.54) is 0 Å². The van der Waals surface area contributed by atoms with Crippen LogP contribution in [0.1, 0.15) is 16.7 Å². The highest BCUT2D eigenvalue weighted by Gasteiger charge is 2.05. The summed E-state index contributed by atoms with van der Waals surface area (Å²) in [5.74, 6) is 0.588. The van der Waals surface area contributed by atoms with Gasteiger partial charge in [-0.1, -0.05) is 23.7 Å². The van der Waals surface area contributed by atoms with Gasteiger partial charge >= 0.3 is 0 Å². The Morgan fingerprint density at radius 2 is 2.05 bits per heavy atom. The third-order valence-electron chi connectivity index (χ3n) is 2.99. The predicted octanol–water partition coefficient (Wildman–Crippen LogP) is 4.14. The number of hydrogen-bond acceptors (Lipinski definition) is 3. The number of benzene rings is 2. The first-order valence-electron chi connectivity index (χ1n) is 6.21. The van der Waals surface area contributed by atoms with E-state index in [9.17, 15) is 0 Å². The zero-order chi connectivity index (χ0) is 14.5. The molecule has 102 valence electrons. The Hall–Kier alpha value is -2.18. The van der Waals surface area contributed by atoms with E-state index in [-0.39, 0.29) is 0 Å². The summed E-state index contributed by atoms with van der Waals surface area (Å²) in [6.45, 7) is 2.60. The molecule has 0 aliphatic heterocycles. The van der Waals surface area contributed by atoms with Crippen LogP contribution >= 0.6 is 11.6 Å². The lowest BCUT2D eigenvalue weighted by molar-refractivity contribution is 0.413. The van der Waals surface area contributed by atoms with Gasteiger partial charge in [-0.25, -0.2) is 0 Å². The van der Waals surface area contributed by atoms with Gasteiger partial charge in [0.1, 0.15) is 11.8 Å². The molecule has 2 aromatic carbocycles. The number of methoxy groups -OCH3 is 1. The van der Waals surface area contributed by atoms with E-state index in [0.717, 1.165) is 16.8 Å². The lowest BCUT2D eigenvalue weighted by Crippen LogP contribution is -2.01. The van der Waals surface area contributed by atoms with Gasteiger partial charge in [0.05, 0.1) is 23.4 Å². The van der Waals surface area contributed by atoms with Gasteiger partial charge in [0.15, 0.2) is 0 Å². The van der Waals surface area contributed by atoms with Gasteiger partial charge in [-0.3, -0.25) is 0 Å². The number of ether oxygens (including phenoxy) is 1. The molecule has 0 unspecified atom stereocenters. The molecule has 0 atom stereocenters. The molecule has 20 heavy (non-hydrogen) atoms. The Bertz CT molecular complexity index is 662. The molecule has 0 aromatic heterocycles. The molecule has 0 radical (unpaired) electrons. The molecule has 0 aliphatic rings. The second kappa shape index (κ2) is 6.31. The van der Waals surface area contributed by atoms with Crippen molar-refractivity contribution in [1.29, 1.82) is 5.26 Å². The van der Waals surface area contributed by atoms with E-state index in [2.05, 4.69) is 11.4 Å². The van der Waals surface area contributed by atoms with Crippen molar-refractivity contribution < 1.29 is 4.74 Å². The number of nitrogens with zero attached hydrogens (tertiary/aromatic N) is 1. The Balaban J connectivity index is 2.13. The lowest BCUT2D eigenvalue weighted by atomic mass is 10.1. The maximum absolute atomic E-state index is 9.06. The molecule has 0 aliphatic carbocycles. The minimum atomic E-state index is 0.529. The summed E-state index contributed by atoms with van der Waals surface area (Å²) >= 11 is 6.17. The molecule has 0 saturated carbocycles. The van der Waals surface area contributed by atoms with Crippen LogP contribution in [0.3, 0.4) is 0 Å². The zero-order valence-corrected chi connectivity index (χ0v) is 12.2. The largest absolute Gasteiger partial charge is 0.495 e. The van der Waals surface area contributed by atoms with Gasteiger partial charge in [0.25, 0.3) is 0 Å². The average molecular weight is 287 g/mol. The van der Waals surface area contributed by atoms with E-state index in [1.807, 2.05) is 37.3 Å². The van der Waals surface area contributed by atoms with E-state index in [4.69, 9.17) is 21.6 Å². The molecule has 0 fully saturated rings. The second-order valence-electron chi connectivity index (χ2n) is 4.48. The Labute approximate surface area is 123 Å². The lowest BCUT2D eigenvalue weighted by Gasteiger charge is -2.10. The third-order valence-corrected chi connectivity index (χ3v) is 3.30. The Kier molecular flexibility index (Phi) is 4.49. The van der Waals surface area contributed by atoms with E-state index in [1.54, 1.807) is 13.2 Å². The number of nitrogens with one attached hydrogen (secondary N) is 1. The van der Waals surface area contributed by atoms with Crippen molar-refractivity contribution in [1.82, 2.24) is 0 Å². The van der Waals surface area contributed by atoms with Gasteiger partial charge in [0, 0.05) is 6.54 Å². The van der Waals surface area contributed by atoms with Crippen LogP contribution in [0, 0.1) is 18.3 Å². The normalized spacial score (nSPS) is 9.90. The van der Waals surface area contributed by atoms with Gasteiger partial charge < -0.3 is 10.1 Å². The van der Waals surface area contributed by atoms with Crippen molar-refractivity contribution in [3.63, 3.8) is 0 Å². The van der Waals surface area contributed by atoms with Crippen LogP contribution in [0.5, 0.6) is 5.75 Å². The van der Waals surface area contributed by atoms with Gasteiger partial charge in [-0.05, 0) is 42.3 Å². The molecule has 0 saturated heterocycles. The smallest absolute Gasteiger partial charge is 0.136 e. The molecule has 4 heteroatoms. The predicted molar refractivity (Wildman–Crippen MR) is 81.2 cm³/mol. The standard InChI is InChI=1S/C16H15ClN2O/c1-11-3-5-15(14(17)7-11)19-10-12-4-6-16(20-2)13(8-12)9-18/h3-8,19H,10H2,1-2H3. The number of anilines is 1. The third kappa shape index (κ3) is 3.23. The van der Waals surface area contributed by atoms with Crippen molar-refractivity contribution in [3.8, 4) is 11.8 Å². The van der Waals surface area contributed by atoms with Crippen LogP contribution < -0.4 is 10.1 Å². The van der Waals surface area contributed by atoms with E-state index < -0.39 is 0 Å². The van der Waals surface area contributed by atoms with Crippen molar-refractivity contribution in [2.45, 2.75) is 13.5 Å². The maximum atomic E-state index is 9.06. The van der Waals surface area contributed by atoms with Gasteiger partial charge in [0.2, 0.25) is 0 Å². The summed E-state index contributed by atoms with van der Waals surface area (Å²) in [6, 6.07) is 13.5. The van der Waals surface area contributed by atoms with Crippen LogP contribution in [0.4, 0.5) is 5.69 Å².